The number of rotatable bonds is 6. The molecule has 0 aromatic heterocycles. The molecule has 1 aromatic carbocycles. The minimum Gasteiger partial charge on any atom is -0.304 e. The van der Waals surface area contributed by atoms with Crippen LogP contribution in [0.4, 0.5) is 0 Å². The van der Waals surface area contributed by atoms with Crippen molar-refractivity contribution in [3.8, 4) is 0 Å². The molecule has 2 rings (SSSR count). The molecular weight excluding hydrogens is 248 g/mol. The van der Waals surface area contributed by atoms with Crippen LogP contribution < -0.4 is 0 Å². The molecule has 1 heterocycles. The van der Waals surface area contributed by atoms with Gasteiger partial charge in [0.15, 0.2) is 5.78 Å². The van der Waals surface area contributed by atoms with Crippen molar-refractivity contribution in [3.63, 3.8) is 0 Å². The third kappa shape index (κ3) is 3.90. The van der Waals surface area contributed by atoms with Gasteiger partial charge in [-0.05, 0) is 33.5 Å². The lowest BCUT2D eigenvalue weighted by Crippen LogP contribution is -2.39. The van der Waals surface area contributed by atoms with Gasteiger partial charge in [0.25, 0.3) is 0 Å². The Labute approximate surface area is 122 Å². The zero-order valence-corrected chi connectivity index (χ0v) is 12.9. The van der Waals surface area contributed by atoms with Crippen molar-refractivity contribution in [3.05, 3.63) is 35.9 Å². The van der Waals surface area contributed by atoms with Gasteiger partial charge in [0.2, 0.25) is 0 Å². The molecule has 110 valence electrons. The molecule has 0 bridgehead atoms. The van der Waals surface area contributed by atoms with Crippen molar-refractivity contribution in [1.82, 2.24) is 9.80 Å². The molecule has 0 radical (unpaired) electrons. The van der Waals surface area contributed by atoms with Gasteiger partial charge in [-0.15, -0.1) is 0 Å². The second-order valence-electron chi connectivity index (χ2n) is 6.13. The van der Waals surface area contributed by atoms with Gasteiger partial charge in [-0.25, -0.2) is 0 Å². The van der Waals surface area contributed by atoms with Crippen molar-refractivity contribution < 1.29 is 4.79 Å². The molecule has 0 aliphatic carbocycles. The van der Waals surface area contributed by atoms with Gasteiger partial charge in [0, 0.05) is 30.6 Å². The van der Waals surface area contributed by atoms with E-state index in [2.05, 4.69) is 23.9 Å². The molecule has 1 aliphatic rings. The van der Waals surface area contributed by atoms with E-state index < -0.39 is 0 Å². The van der Waals surface area contributed by atoms with E-state index in [1.807, 2.05) is 37.3 Å². The van der Waals surface area contributed by atoms with Gasteiger partial charge in [0.1, 0.15) is 0 Å². The number of likely N-dealkylation sites (tertiary alicyclic amines) is 1. The molecule has 20 heavy (non-hydrogen) atoms. The highest BCUT2D eigenvalue weighted by molar-refractivity contribution is 5.97. The monoisotopic (exact) mass is 274 g/mol. The number of hydrogen-bond acceptors (Lipinski definition) is 3. The molecule has 3 nitrogen and oxygen atoms in total. The Bertz CT molecular complexity index is 432. The summed E-state index contributed by atoms with van der Waals surface area (Å²) in [6, 6.07) is 10.3. The van der Waals surface area contributed by atoms with Crippen LogP contribution in [0.25, 0.3) is 0 Å². The van der Waals surface area contributed by atoms with E-state index in [0.29, 0.717) is 6.04 Å². The SMILES string of the molecule is CC(CN(C)CC1CCCN1C)C(=O)c1ccccc1. The van der Waals surface area contributed by atoms with Crippen LogP contribution in [0, 0.1) is 5.92 Å². The van der Waals surface area contributed by atoms with Crippen LogP contribution in [0.2, 0.25) is 0 Å². The van der Waals surface area contributed by atoms with Crippen molar-refractivity contribution in [2.24, 2.45) is 5.92 Å². The van der Waals surface area contributed by atoms with Gasteiger partial charge in [-0.2, -0.15) is 0 Å². The highest BCUT2D eigenvalue weighted by Crippen LogP contribution is 2.16. The van der Waals surface area contributed by atoms with Crippen molar-refractivity contribution in [2.45, 2.75) is 25.8 Å². The molecule has 0 saturated carbocycles. The molecule has 1 aliphatic heterocycles. The molecule has 2 atom stereocenters. The number of nitrogens with zero attached hydrogens (tertiary/aromatic N) is 2. The first-order chi connectivity index (χ1) is 9.58. The average molecular weight is 274 g/mol. The zero-order valence-electron chi connectivity index (χ0n) is 12.9. The minimum absolute atomic E-state index is 0.0501. The largest absolute Gasteiger partial charge is 0.304 e. The summed E-state index contributed by atoms with van der Waals surface area (Å²) in [6.07, 6.45) is 2.58. The van der Waals surface area contributed by atoms with E-state index in [9.17, 15) is 4.79 Å². The summed E-state index contributed by atoms with van der Waals surface area (Å²) in [7, 11) is 4.32. The lowest BCUT2D eigenvalue weighted by molar-refractivity contribution is 0.0894. The van der Waals surface area contributed by atoms with Crippen molar-refractivity contribution >= 4 is 5.78 Å². The predicted molar refractivity (Wildman–Crippen MR) is 83.1 cm³/mol. The first kappa shape index (κ1) is 15.2. The Balaban J connectivity index is 1.84. The maximum absolute atomic E-state index is 12.3. The van der Waals surface area contributed by atoms with Crippen LogP contribution in [-0.4, -0.2) is 55.4 Å². The Kier molecular flexibility index (Phi) is 5.32. The van der Waals surface area contributed by atoms with E-state index >= 15 is 0 Å². The fourth-order valence-corrected chi connectivity index (χ4v) is 3.08. The summed E-state index contributed by atoms with van der Waals surface area (Å²) in [5.41, 5.74) is 0.825. The molecular formula is C17H26N2O. The van der Waals surface area contributed by atoms with E-state index in [4.69, 9.17) is 0 Å². The fourth-order valence-electron chi connectivity index (χ4n) is 3.08. The third-order valence-electron chi connectivity index (χ3n) is 4.29. The van der Waals surface area contributed by atoms with Gasteiger partial charge in [-0.1, -0.05) is 37.3 Å². The third-order valence-corrected chi connectivity index (χ3v) is 4.29. The van der Waals surface area contributed by atoms with Crippen LogP contribution in [-0.2, 0) is 0 Å². The maximum Gasteiger partial charge on any atom is 0.166 e. The minimum atomic E-state index is 0.0501. The number of carbonyl (C=O) groups excluding carboxylic acids is 1. The fraction of sp³-hybridized carbons (Fsp3) is 0.588. The highest BCUT2D eigenvalue weighted by atomic mass is 16.1. The summed E-state index contributed by atoms with van der Waals surface area (Å²) < 4.78 is 0. The molecule has 1 fully saturated rings. The number of Topliss-reactive ketones (excluding diaryl/α,β-unsaturated/α-hetero) is 1. The Morgan fingerprint density at radius 1 is 1.40 bits per heavy atom. The predicted octanol–water partition coefficient (Wildman–Crippen LogP) is 2.53. The van der Waals surface area contributed by atoms with Crippen LogP contribution in [0.3, 0.4) is 0 Å². The number of carbonyl (C=O) groups is 1. The first-order valence-corrected chi connectivity index (χ1v) is 7.56. The summed E-state index contributed by atoms with van der Waals surface area (Å²) in [5.74, 6) is 0.298. The van der Waals surface area contributed by atoms with Crippen molar-refractivity contribution in [2.75, 3.05) is 33.7 Å². The van der Waals surface area contributed by atoms with E-state index in [0.717, 1.165) is 18.7 Å². The second kappa shape index (κ2) is 7.00. The summed E-state index contributed by atoms with van der Waals surface area (Å²) in [4.78, 5) is 17.1. The Hall–Kier alpha value is -1.19. The second-order valence-corrected chi connectivity index (χ2v) is 6.13. The molecule has 2 unspecified atom stereocenters. The number of hydrogen-bond donors (Lipinski definition) is 0. The smallest absolute Gasteiger partial charge is 0.166 e. The lowest BCUT2D eigenvalue weighted by Gasteiger charge is -2.27. The van der Waals surface area contributed by atoms with E-state index in [1.54, 1.807) is 0 Å². The van der Waals surface area contributed by atoms with Gasteiger partial charge in [0.05, 0.1) is 0 Å². The average Bonchev–Trinajstić information content (AvgIpc) is 2.84. The maximum atomic E-state index is 12.3. The molecule has 0 amide bonds. The summed E-state index contributed by atoms with van der Waals surface area (Å²) >= 11 is 0. The molecule has 0 spiro atoms. The summed E-state index contributed by atoms with van der Waals surface area (Å²) in [6.45, 7) is 5.13. The van der Waals surface area contributed by atoms with Gasteiger partial charge in [-0.3, -0.25) is 4.79 Å². The quantitative estimate of drug-likeness (QED) is 0.745. The molecule has 3 heteroatoms. The van der Waals surface area contributed by atoms with E-state index in [-0.39, 0.29) is 11.7 Å². The number of benzene rings is 1. The van der Waals surface area contributed by atoms with E-state index in [1.165, 1.54) is 19.4 Å². The lowest BCUT2D eigenvalue weighted by atomic mass is 9.99. The zero-order chi connectivity index (χ0) is 14.5. The van der Waals surface area contributed by atoms with Crippen LogP contribution >= 0.6 is 0 Å². The Morgan fingerprint density at radius 3 is 2.70 bits per heavy atom. The molecule has 1 aromatic rings. The van der Waals surface area contributed by atoms with Crippen LogP contribution in [0.5, 0.6) is 0 Å². The molecule has 0 N–H and O–H groups in total. The Morgan fingerprint density at radius 2 is 2.10 bits per heavy atom. The molecule has 1 saturated heterocycles. The van der Waals surface area contributed by atoms with Crippen LogP contribution in [0.1, 0.15) is 30.1 Å². The summed E-state index contributed by atoms with van der Waals surface area (Å²) in [5, 5.41) is 0. The van der Waals surface area contributed by atoms with Crippen molar-refractivity contribution in [1.29, 1.82) is 0 Å². The van der Waals surface area contributed by atoms with Gasteiger partial charge >= 0.3 is 0 Å². The topological polar surface area (TPSA) is 23.6 Å². The highest BCUT2D eigenvalue weighted by Gasteiger charge is 2.23. The van der Waals surface area contributed by atoms with Crippen LogP contribution in [0.15, 0.2) is 30.3 Å². The van der Waals surface area contributed by atoms with Gasteiger partial charge < -0.3 is 9.80 Å². The first-order valence-electron chi connectivity index (χ1n) is 7.56. The number of ketones is 1. The normalized spacial score (nSPS) is 21.3. The number of likely N-dealkylation sites (N-methyl/N-ethyl adjacent to an activating group) is 2. The standard InChI is InChI=1S/C17H26N2O/c1-14(17(20)15-8-5-4-6-9-15)12-18(2)13-16-10-7-11-19(16)3/h4-6,8-9,14,16H,7,10-13H2,1-3H3.